The molecule has 1 saturated heterocycles. The van der Waals surface area contributed by atoms with Crippen molar-refractivity contribution in [2.75, 3.05) is 37.7 Å². The zero-order chi connectivity index (χ0) is 60.1. The fraction of sp³-hybridized carbons (Fsp3) is 0.283. The van der Waals surface area contributed by atoms with Crippen molar-refractivity contribution in [3.05, 3.63) is 204 Å². The minimum atomic E-state index is -4.65. The number of aromatic nitrogens is 2. The first-order chi connectivity index (χ1) is 37.5. The van der Waals surface area contributed by atoms with Crippen LogP contribution in [0.5, 0.6) is 0 Å². The molecule has 1 aliphatic rings. The van der Waals surface area contributed by atoms with E-state index in [-0.39, 0.29) is 19.5 Å². The third kappa shape index (κ3) is 21.0. The predicted octanol–water partition coefficient (Wildman–Crippen LogP) is 9.66. The average molecular weight is 1150 g/mol. The maximum atomic E-state index is 13.9. The molecule has 2 amide bonds. The number of rotatable bonds is 13. The van der Waals surface area contributed by atoms with Gasteiger partial charge >= 0.3 is 31.0 Å². The van der Waals surface area contributed by atoms with Crippen LogP contribution in [-0.4, -0.2) is 88.7 Å². The minimum absolute atomic E-state index is 0.0880. The molecule has 7 rings (SSSR count). The van der Waals surface area contributed by atoms with Gasteiger partial charge in [-0.3, -0.25) is 24.0 Å². The molecule has 0 bridgehead atoms. The summed E-state index contributed by atoms with van der Waals surface area (Å²) >= 11 is 0. The highest BCUT2D eigenvalue weighted by molar-refractivity contribution is 5.97. The van der Waals surface area contributed by atoms with E-state index >= 15 is 0 Å². The Labute approximate surface area is 446 Å². The molecular formula is C53H50F13N5O9. The topological polar surface area (TPSA) is 189 Å². The van der Waals surface area contributed by atoms with Crippen molar-refractivity contribution in [2.45, 2.75) is 65.4 Å². The van der Waals surface area contributed by atoms with Crippen molar-refractivity contribution in [3.63, 3.8) is 0 Å². The Morgan fingerprint density at radius 1 is 0.613 bits per heavy atom. The van der Waals surface area contributed by atoms with Crippen molar-refractivity contribution in [3.8, 4) is 0 Å². The Kier molecular flexibility index (Phi) is 25.2. The summed E-state index contributed by atoms with van der Waals surface area (Å²) < 4.78 is 167. The number of hydrogen-bond acceptors (Lipinski definition) is 8. The van der Waals surface area contributed by atoms with Gasteiger partial charge in [-0.15, -0.1) is 0 Å². The summed E-state index contributed by atoms with van der Waals surface area (Å²) in [5, 5.41) is 21.9. The van der Waals surface area contributed by atoms with E-state index in [9.17, 15) is 90.9 Å². The Morgan fingerprint density at radius 3 is 1.49 bits per heavy atom. The summed E-state index contributed by atoms with van der Waals surface area (Å²) in [6.45, 7) is 3.65. The smallest absolute Gasteiger partial charge is 0.416 e. The molecular weight excluding hydrogens is 1100 g/mol. The van der Waals surface area contributed by atoms with Gasteiger partial charge in [0.15, 0.2) is 0 Å². The molecule has 432 valence electrons. The fourth-order valence-corrected chi connectivity index (χ4v) is 7.09. The number of carboxylic acids is 2. The highest BCUT2D eigenvalue weighted by Gasteiger charge is 2.32. The standard InChI is InChI=1S/C23H17F5N2O4.C14H12F3NO.C13H14F2N2O4.C2H6.CHF3/c24-16-5-2-6-17(25)20(16)21(32)29-18(22(33)34)10-13-3-1-4-14(9-13)12-30-8-7-15(11-19(30)31)23(26,27)28;1-10-3-2-4-11(7-10)9-18-6-5-12(8-13(18)19)14(15,16)17;14-9-5-8(17-1-3-21-4-2-17)6-10(15)12(9)13(20)16-7-11(18)19;1-2;2-1(3)4/h1-9,11,18H,10,12H2,(H,29,32)(H,33,34);2-8H,9H2,1H3;5-6H,1-4,7H2,(H,16,20)(H,18,19);1-2H3;1H. The number of morpholine rings is 1. The lowest BCUT2D eigenvalue weighted by atomic mass is 10.0. The first-order valence-corrected chi connectivity index (χ1v) is 23.4. The van der Waals surface area contributed by atoms with Crippen LogP contribution in [0.15, 0.2) is 125 Å². The largest absolute Gasteiger partial charge is 0.480 e. The van der Waals surface area contributed by atoms with Crippen LogP contribution in [0.2, 0.25) is 0 Å². The molecule has 0 spiro atoms. The SMILES string of the molecule is CC.Cc1cccc(Cn2ccc(C(F)(F)F)cc2=O)c1.FC(F)F.O=C(NC(Cc1cccc(Cn2ccc(C(F)(F)F)cc2=O)c1)C(=O)O)c1c(F)cccc1F.O=C(O)CNC(=O)c1c(F)cc(N2CCOCC2)cc1F. The number of carbonyl (C=O) groups excluding carboxylic acids is 2. The molecule has 4 aromatic carbocycles. The molecule has 0 radical (unpaired) electrons. The lowest BCUT2D eigenvalue weighted by Crippen LogP contribution is -2.43. The predicted molar refractivity (Wildman–Crippen MR) is 264 cm³/mol. The Hall–Kier alpha value is -8.49. The van der Waals surface area contributed by atoms with Gasteiger partial charge in [0.1, 0.15) is 47.0 Å². The second-order valence-electron chi connectivity index (χ2n) is 16.4. The molecule has 2 aromatic heterocycles. The maximum absolute atomic E-state index is 13.9. The van der Waals surface area contributed by atoms with Gasteiger partial charge in [-0.05, 0) is 60.0 Å². The second kappa shape index (κ2) is 30.6. The molecule has 27 heteroatoms. The van der Waals surface area contributed by atoms with E-state index in [1.165, 1.54) is 29.0 Å². The van der Waals surface area contributed by atoms with Gasteiger partial charge in [-0.2, -0.15) is 39.5 Å². The lowest BCUT2D eigenvalue weighted by Gasteiger charge is -2.29. The quantitative estimate of drug-likeness (QED) is 0.0811. The van der Waals surface area contributed by atoms with E-state index in [1.807, 2.05) is 50.4 Å². The average Bonchev–Trinajstić information content (AvgIpc) is 3.37. The van der Waals surface area contributed by atoms with Gasteiger partial charge < -0.3 is 39.6 Å². The number of nitrogens with one attached hydrogen (secondary N) is 2. The van der Waals surface area contributed by atoms with E-state index in [4.69, 9.17) is 9.84 Å². The number of halogens is 13. The molecule has 4 N–H and O–H groups in total. The fourth-order valence-electron chi connectivity index (χ4n) is 7.09. The summed E-state index contributed by atoms with van der Waals surface area (Å²) in [5.41, 5.74) is -2.10. The molecule has 0 aliphatic carbocycles. The van der Waals surface area contributed by atoms with Crippen LogP contribution in [0.4, 0.5) is 62.8 Å². The van der Waals surface area contributed by atoms with Crippen LogP contribution in [0.1, 0.15) is 67.9 Å². The van der Waals surface area contributed by atoms with Crippen LogP contribution in [0.3, 0.4) is 0 Å². The van der Waals surface area contributed by atoms with Gasteiger partial charge in [-0.25, -0.2) is 22.4 Å². The van der Waals surface area contributed by atoms with Gasteiger partial charge in [0, 0.05) is 49.7 Å². The maximum Gasteiger partial charge on any atom is 0.416 e. The molecule has 3 heterocycles. The van der Waals surface area contributed by atoms with E-state index in [0.717, 1.165) is 64.4 Å². The van der Waals surface area contributed by atoms with E-state index in [2.05, 4.69) is 5.32 Å². The number of alkyl halides is 9. The number of nitrogens with zero attached hydrogens (tertiary/aromatic N) is 3. The number of aryl methyl sites for hydroxylation is 1. The van der Waals surface area contributed by atoms with Gasteiger partial charge in [0.25, 0.3) is 22.9 Å². The van der Waals surface area contributed by atoms with Crippen molar-refractivity contribution in [1.82, 2.24) is 19.8 Å². The van der Waals surface area contributed by atoms with E-state index in [0.29, 0.717) is 55.3 Å². The summed E-state index contributed by atoms with van der Waals surface area (Å²) in [6, 6.07) is 19.8. The van der Waals surface area contributed by atoms with Crippen LogP contribution in [-0.2, 0) is 46.2 Å². The Bertz CT molecular complexity index is 3130. The number of hydrogen-bond donors (Lipinski definition) is 4. The van der Waals surface area contributed by atoms with Crippen molar-refractivity contribution >= 4 is 29.4 Å². The number of ether oxygens (including phenoxy) is 1. The molecule has 6 aromatic rings. The number of amides is 2. The molecule has 0 saturated carbocycles. The van der Waals surface area contributed by atoms with Crippen molar-refractivity contribution in [2.24, 2.45) is 0 Å². The van der Waals surface area contributed by atoms with Gasteiger partial charge in [-0.1, -0.05) is 74.0 Å². The monoisotopic (exact) mass is 1150 g/mol. The summed E-state index contributed by atoms with van der Waals surface area (Å²) in [4.78, 5) is 71.2. The molecule has 80 heavy (non-hydrogen) atoms. The summed E-state index contributed by atoms with van der Waals surface area (Å²) in [5.74, 6) is -9.44. The Balaban J connectivity index is 0.000000315. The van der Waals surface area contributed by atoms with E-state index in [1.54, 1.807) is 11.0 Å². The van der Waals surface area contributed by atoms with Crippen molar-refractivity contribution in [1.29, 1.82) is 0 Å². The molecule has 1 aliphatic heterocycles. The van der Waals surface area contributed by atoms with Gasteiger partial charge in [0.2, 0.25) is 0 Å². The summed E-state index contributed by atoms with van der Waals surface area (Å²) in [7, 11) is 0. The number of pyridine rings is 2. The third-order valence-corrected chi connectivity index (χ3v) is 10.7. The minimum Gasteiger partial charge on any atom is -0.480 e. The number of carbonyl (C=O) groups is 4. The molecule has 1 fully saturated rings. The summed E-state index contributed by atoms with van der Waals surface area (Å²) in [6.07, 6.45) is -7.22. The highest BCUT2D eigenvalue weighted by atomic mass is 19.4. The number of benzene rings is 4. The highest BCUT2D eigenvalue weighted by Crippen LogP contribution is 2.29. The number of anilines is 1. The van der Waals surface area contributed by atoms with Gasteiger partial charge in [0.05, 0.1) is 37.4 Å². The van der Waals surface area contributed by atoms with Crippen molar-refractivity contribution < 1.29 is 91.2 Å². The lowest BCUT2D eigenvalue weighted by molar-refractivity contribution is -0.139. The van der Waals surface area contributed by atoms with E-state index < -0.39 is 112 Å². The first-order valence-electron chi connectivity index (χ1n) is 23.4. The van der Waals surface area contributed by atoms with Crippen LogP contribution < -0.4 is 26.7 Å². The van der Waals surface area contributed by atoms with Crippen LogP contribution in [0.25, 0.3) is 0 Å². The first kappa shape index (κ1) is 65.8. The zero-order valence-electron chi connectivity index (χ0n) is 42.3. The number of carboxylic acid groups (broad SMARTS) is 2. The second-order valence-corrected chi connectivity index (χ2v) is 16.4. The Morgan fingerprint density at radius 2 is 1.05 bits per heavy atom. The third-order valence-electron chi connectivity index (χ3n) is 10.7. The molecule has 1 atom stereocenters. The molecule has 1 unspecified atom stereocenters. The normalized spacial score (nSPS) is 12.4. The molecule has 14 nitrogen and oxygen atoms in total. The van der Waals surface area contributed by atoms with Crippen LogP contribution >= 0.6 is 0 Å². The zero-order valence-corrected chi connectivity index (χ0v) is 42.3. The van der Waals surface area contributed by atoms with Crippen LogP contribution in [0, 0.1) is 30.2 Å². The number of aliphatic carboxylic acids is 2.